The molecule has 3 rings (SSSR count). The summed E-state index contributed by atoms with van der Waals surface area (Å²) in [7, 11) is 0. The van der Waals surface area contributed by atoms with E-state index in [1.54, 1.807) is 17.1 Å². The van der Waals surface area contributed by atoms with E-state index in [-0.39, 0.29) is 5.91 Å². The van der Waals surface area contributed by atoms with Crippen LogP contribution in [0.3, 0.4) is 0 Å². The fourth-order valence-corrected chi connectivity index (χ4v) is 2.81. The maximum Gasteiger partial charge on any atom is 0.251 e. The molecule has 0 aliphatic heterocycles. The van der Waals surface area contributed by atoms with E-state index in [0.717, 1.165) is 17.0 Å². The highest BCUT2D eigenvalue weighted by atomic mass is 35.5. The number of rotatable bonds is 6. The first-order valence-corrected chi connectivity index (χ1v) is 8.45. The third-order valence-corrected chi connectivity index (χ3v) is 4.07. The van der Waals surface area contributed by atoms with Crippen LogP contribution in [0, 0.1) is 13.8 Å². The quantitative estimate of drug-likeness (QED) is 0.737. The minimum Gasteiger partial charge on any atom is -0.350 e. The minimum absolute atomic E-state index is 0.0878. The lowest BCUT2D eigenvalue weighted by molar-refractivity contribution is 0.0952. The monoisotopic (exact) mass is 357 g/mol. The Morgan fingerprint density at radius 2 is 2.00 bits per heavy atom. The van der Waals surface area contributed by atoms with Crippen LogP contribution in [-0.2, 0) is 13.1 Å². The van der Waals surface area contributed by atoms with Gasteiger partial charge in [-0.1, -0.05) is 23.7 Å². The smallest absolute Gasteiger partial charge is 0.251 e. The van der Waals surface area contributed by atoms with Crippen molar-refractivity contribution < 1.29 is 4.79 Å². The van der Waals surface area contributed by atoms with Crippen molar-refractivity contribution in [3.8, 4) is 0 Å². The Hall–Kier alpha value is -2.60. The SMILES string of the molecule is Cc1cc(C)n(CCNC(=O)c2ccc(Cn3cc(Cl)cn3)cc2)n1. The van der Waals surface area contributed by atoms with Crippen LogP contribution in [0.15, 0.2) is 42.7 Å². The number of nitrogens with one attached hydrogen (secondary N) is 1. The summed E-state index contributed by atoms with van der Waals surface area (Å²) in [5.74, 6) is -0.0878. The Morgan fingerprint density at radius 1 is 1.24 bits per heavy atom. The van der Waals surface area contributed by atoms with Gasteiger partial charge in [-0.3, -0.25) is 14.2 Å². The van der Waals surface area contributed by atoms with Crippen LogP contribution in [0.2, 0.25) is 5.02 Å². The van der Waals surface area contributed by atoms with Crippen LogP contribution in [0.4, 0.5) is 0 Å². The van der Waals surface area contributed by atoms with E-state index in [1.165, 1.54) is 0 Å². The first-order chi connectivity index (χ1) is 12.0. The maximum atomic E-state index is 12.2. The fraction of sp³-hybridized carbons (Fsp3) is 0.278. The van der Waals surface area contributed by atoms with E-state index in [1.807, 2.05) is 48.9 Å². The van der Waals surface area contributed by atoms with Gasteiger partial charge in [0.1, 0.15) is 0 Å². The number of aryl methyl sites for hydroxylation is 2. The van der Waals surface area contributed by atoms with Crippen LogP contribution < -0.4 is 5.32 Å². The number of carbonyl (C=O) groups excluding carboxylic acids is 1. The number of hydrogen-bond acceptors (Lipinski definition) is 3. The topological polar surface area (TPSA) is 64.7 Å². The zero-order valence-corrected chi connectivity index (χ0v) is 15.0. The molecular formula is C18H20ClN5O. The predicted molar refractivity (Wildman–Crippen MR) is 96.8 cm³/mol. The van der Waals surface area contributed by atoms with Gasteiger partial charge in [0.15, 0.2) is 0 Å². The van der Waals surface area contributed by atoms with E-state index >= 15 is 0 Å². The van der Waals surface area contributed by atoms with Gasteiger partial charge in [0.25, 0.3) is 5.91 Å². The highest BCUT2D eigenvalue weighted by Crippen LogP contribution is 2.09. The van der Waals surface area contributed by atoms with Crippen molar-refractivity contribution in [2.24, 2.45) is 0 Å². The summed E-state index contributed by atoms with van der Waals surface area (Å²) in [6.45, 7) is 5.78. The third kappa shape index (κ3) is 4.48. The molecule has 1 amide bonds. The molecule has 6 nitrogen and oxygen atoms in total. The van der Waals surface area contributed by atoms with Crippen LogP contribution in [0.5, 0.6) is 0 Å². The van der Waals surface area contributed by atoms with Gasteiger partial charge >= 0.3 is 0 Å². The lowest BCUT2D eigenvalue weighted by Gasteiger charge is -2.08. The predicted octanol–water partition coefficient (Wildman–Crippen LogP) is 2.83. The van der Waals surface area contributed by atoms with Crippen LogP contribution in [-0.4, -0.2) is 32.0 Å². The summed E-state index contributed by atoms with van der Waals surface area (Å²) in [6.07, 6.45) is 3.37. The van der Waals surface area contributed by atoms with Gasteiger partial charge in [0, 0.05) is 24.0 Å². The standard InChI is InChI=1S/C18H20ClN5O/c1-13-9-14(2)24(22-13)8-7-20-18(25)16-5-3-15(4-6-16)11-23-12-17(19)10-21-23/h3-6,9-10,12H,7-8,11H2,1-2H3,(H,20,25). The van der Waals surface area contributed by atoms with Crippen molar-refractivity contribution in [1.29, 1.82) is 0 Å². The Labute approximate surface area is 151 Å². The molecule has 25 heavy (non-hydrogen) atoms. The Morgan fingerprint density at radius 3 is 2.60 bits per heavy atom. The van der Waals surface area contributed by atoms with Crippen LogP contribution in [0.25, 0.3) is 0 Å². The molecule has 1 aromatic carbocycles. The summed E-state index contributed by atoms with van der Waals surface area (Å²) < 4.78 is 3.65. The van der Waals surface area contributed by atoms with Crippen molar-refractivity contribution in [3.63, 3.8) is 0 Å². The largest absolute Gasteiger partial charge is 0.350 e. The fourth-order valence-electron chi connectivity index (χ4n) is 2.65. The second-order valence-electron chi connectivity index (χ2n) is 5.96. The number of carbonyl (C=O) groups is 1. The van der Waals surface area contributed by atoms with E-state index in [2.05, 4.69) is 15.5 Å². The molecule has 0 radical (unpaired) electrons. The lowest BCUT2D eigenvalue weighted by Crippen LogP contribution is -2.27. The van der Waals surface area contributed by atoms with Gasteiger partial charge in [0.05, 0.1) is 30.0 Å². The zero-order chi connectivity index (χ0) is 17.8. The average molecular weight is 358 g/mol. The van der Waals surface area contributed by atoms with Crippen molar-refractivity contribution in [2.75, 3.05) is 6.54 Å². The van der Waals surface area contributed by atoms with Gasteiger partial charge in [0.2, 0.25) is 0 Å². The van der Waals surface area contributed by atoms with E-state index in [0.29, 0.717) is 30.2 Å². The van der Waals surface area contributed by atoms with Gasteiger partial charge in [-0.05, 0) is 37.6 Å². The molecule has 0 unspecified atom stereocenters. The summed E-state index contributed by atoms with van der Waals surface area (Å²) in [5, 5.41) is 12.1. The second-order valence-corrected chi connectivity index (χ2v) is 6.40. The number of aromatic nitrogens is 4. The molecule has 0 atom stereocenters. The lowest BCUT2D eigenvalue weighted by atomic mass is 10.1. The summed E-state index contributed by atoms with van der Waals surface area (Å²) in [6, 6.07) is 9.50. The van der Waals surface area contributed by atoms with Gasteiger partial charge < -0.3 is 5.32 Å². The third-order valence-electron chi connectivity index (χ3n) is 3.87. The number of hydrogen-bond donors (Lipinski definition) is 1. The number of amides is 1. The Kier molecular flexibility index (Phi) is 5.19. The highest BCUT2D eigenvalue weighted by molar-refractivity contribution is 6.30. The molecule has 0 saturated heterocycles. The van der Waals surface area contributed by atoms with Crippen molar-refractivity contribution in [2.45, 2.75) is 26.9 Å². The summed E-state index contributed by atoms with van der Waals surface area (Å²) in [5.41, 5.74) is 3.77. The molecule has 0 aliphatic carbocycles. The van der Waals surface area contributed by atoms with Crippen molar-refractivity contribution in [1.82, 2.24) is 24.9 Å². The molecule has 1 N–H and O–H groups in total. The number of benzene rings is 1. The van der Waals surface area contributed by atoms with Gasteiger partial charge in [-0.2, -0.15) is 10.2 Å². The van der Waals surface area contributed by atoms with Crippen molar-refractivity contribution >= 4 is 17.5 Å². The average Bonchev–Trinajstić information content (AvgIpc) is 3.13. The maximum absolute atomic E-state index is 12.2. The summed E-state index contributed by atoms with van der Waals surface area (Å²) >= 11 is 5.85. The second kappa shape index (κ2) is 7.53. The first-order valence-electron chi connectivity index (χ1n) is 8.07. The van der Waals surface area contributed by atoms with Crippen molar-refractivity contribution in [3.05, 3.63) is 70.3 Å². The molecule has 0 bridgehead atoms. The number of nitrogens with zero attached hydrogens (tertiary/aromatic N) is 4. The Balaban J connectivity index is 1.52. The van der Waals surface area contributed by atoms with Gasteiger partial charge in [-0.25, -0.2) is 0 Å². The highest BCUT2D eigenvalue weighted by Gasteiger charge is 2.06. The van der Waals surface area contributed by atoms with Crippen LogP contribution >= 0.6 is 11.6 Å². The normalized spacial score (nSPS) is 10.8. The van der Waals surface area contributed by atoms with E-state index in [9.17, 15) is 4.79 Å². The first kappa shape index (κ1) is 17.2. The van der Waals surface area contributed by atoms with E-state index in [4.69, 9.17) is 11.6 Å². The molecule has 130 valence electrons. The molecule has 0 spiro atoms. The molecule has 0 saturated carbocycles. The molecule has 2 aromatic heterocycles. The van der Waals surface area contributed by atoms with Crippen LogP contribution in [0.1, 0.15) is 27.3 Å². The molecule has 7 heteroatoms. The van der Waals surface area contributed by atoms with E-state index < -0.39 is 0 Å². The summed E-state index contributed by atoms with van der Waals surface area (Å²) in [4.78, 5) is 12.2. The molecule has 3 aromatic rings. The Bertz CT molecular complexity index is 866. The molecule has 0 fully saturated rings. The zero-order valence-electron chi connectivity index (χ0n) is 14.2. The minimum atomic E-state index is -0.0878. The van der Waals surface area contributed by atoms with Gasteiger partial charge in [-0.15, -0.1) is 0 Å². The molecule has 0 aliphatic rings. The molecule has 2 heterocycles. The molecular weight excluding hydrogens is 338 g/mol. The number of halogens is 1.